The average molecular weight is 304 g/mol. The quantitative estimate of drug-likeness (QED) is 0.874. The normalized spacial score (nSPS) is 13.4. The third-order valence-electron chi connectivity index (χ3n) is 2.74. The molecule has 5 heteroatoms. The van der Waals surface area contributed by atoms with Crippen molar-refractivity contribution in [2.45, 2.75) is 39.3 Å². The number of likely N-dealkylation sites (N-methyl/N-ethyl adjacent to an activating group) is 1. The summed E-state index contributed by atoms with van der Waals surface area (Å²) in [6.07, 6.45) is 1.17. The minimum Gasteiger partial charge on any atom is -0.377 e. The van der Waals surface area contributed by atoms with Gasteiger partial charge in [-0.05, 0) is 43.7 Å². The van der Waals surface area contributed by atoms with Gasteiger partial charge in [-0.15, -0.1) is 0 Å². The second-order valence-electron chi connectivity index (χ2n) is 4.54. The van der Waals surface area contributed by atoms with E-state index in [0.29, 0.717) is 12.6 Å². The van der Waals surface area contributed by atoms with E-state index in [0.717, 1.165) is 16.6 Å². The number of hydrogen-bond acceptors (Lipinski definition) is 3. The lowest BCUT2D eigenvalue weighted by molar-refractivity contribution is 0.0624. The van der Waals surface area contributed by atoms with Crippen LogP contribution in [0.2, 0.25) is 0 Å². The lowest BCUT2D eigenvalue weighted by Crippen LogP contribution is -2.34. The molecular weight excluding hydrogens is 282 g/mol. The summed E-state index contributed by atoms with van der Waals surface area (Å²) < 4.78 is 8.68. The molecular formula is C12H22BrN3O. The van der Waals surface area contributed by atoms with Crippen LogP contribution in [0.3, 0.4) is 0 Å². The van der Waals surface area contributed by atoms with Crippen molar-refractivity contribution in [1.29, 1.82) is 0 Å². The van der Waals surface area contributed by atoms with Crippen molar-refractivity contribution in [2.24, 2.45) is 7.05 Å². The molecule has 1 N–H and O–H groups in total. The number of halogens is 1. The van der Waals surface area contributed by atoms with E-state index in [4.69, 9.17) is 4.74 Å². The van der Waals surface area contributed by atoms with Crippen LogP contribution in [0.1, 0.15) is 25.2 Å². The Kier molecular flexibility index (Phi) is 5.62. The third kappa shape index (κ3) is 4.08. The fourth-order valence-corrected chi connectivity index (χ4v) is 2.19. The number of aromatic nitrogens is 2. The molecule has 1 unspecified atom stereocenters. The largest absolute Gasteiger partial charge is 0.377 e. The zero-order valence-corrected chi connectivity index (χ0v) is 12.8. The zero-order chi connectivity index (χ0) is 13.0. The summed E-state index contributed by atoms with van der Waals surface area (Å²) in [4.78, 5) is 0. The fourth-order valence-electron chi connectivity index (χ4n) is 1.69. The van der Waals surface area contributed by atoms with E-state index in [1.165, 1.54) is 5.69 Å². The highest BCUT2D eigenvalue weighted by molar-refractivity contribution is 9.10. The first-order valence-electron chi connectivity index (χ1n) is 5.92. The topological polar surface area (TPSA) is 39.1 Å². The van der Waals surface area contributed by atoms with E-state index in [1.807, 2.05) is 25.7 Å². The molecule has 1 heterocycles. The molecule has 0 amide bonds. The van der Waals surface area contributed by atoms with Gasteiger partial charge in [-0.2, -0.15) is 5.10 Å². The molecule has 0 aromatic carbocycles. The Morgan fingerprint density at radius 1 is 1.47 bits per heavy atom. The lowest BCUT2D eigenvalue weighted by atomic mass is 10.1. The van der Waals surface area contributed by atoms with Crippen molar-refractivity contribution in [3.8, 4) is 0 Å². The molecule has 1 aromatic heterocycles. The molecule has 0 saturated heterocycles. The van der Waals surface area contributed by atoms with Crippen molar-refractivity contribution in [1.82, 2.24) is 15.1 Å². The Morgan fingerprint density at radius 3 is 2.53 bits per heavy atom. The van der Waals surface area contributed by atoms with Crippen LogP contribution >= 0.6 is 15.9 Å². The monoisotopic (exact) mass is 303 g/mol. The maximum atomic E-state index is 5.65. The van der Waals surface area contributed by atoms with E-state index >= 15 is 0 Å². The minimum atomic E-state index is 0.266. The summed E-state index contributed by atoms with van der Waals surface area (Å²) in [6, 6.07) is 0.309. The van der Waals surface area contributed by atoms with Gasteiger partial charge in [0.05, 0.1) is 28.6 Å². The standard InChI is InChI=1S/C12H22BrN3O/c1-8(2)17-7-10(14-4)6-11-12(13)9(3)15-16(11)5/h8,10,14H,6-7H2,1-5H3. The van der Waals surface area contributed by atoms with Gasteiger partial charge in [-0.1, -0.05) is 0 Å². The average Bonchev–Trinajstić information content (AvgIpc) is 2.49. The number of nitrogens with one attached hydrogen (secondary N) is 1. The van der Waals surface area contributed by atoms with Gasteiger partial charge in [0.15, 0.2) is 0 Å². The van der Waals surface area contributed by atoms with Gasteiger partial charge in [0.1, 0.15) is 0 Å². The van der Waals surface area contributed by atoms with Crippen molar-refractivity contribution in [3.63, 3.8) is 0 Å². The summed E-state index contributed by atoms with van der Waals surface area (Å²) >= 11 is 3.59. The second-order valence-corrected chi connectivity index (χ2v) is 5.33. The molecule has 1 aromatic rings. The molecule has 0 fully saturated rings. The molecule has 4 nitrogen and oxygen atoms in total. The van der Waals surface area contributed by atoms with Crippen LogP contribution in [0.4, 0.5) is 0 Å². The van der Waals surface area contributed by atoms with Crippen LogP contribution in [0.15, 0.2) is 4.47 Å². The molecule has 0 aliphatic carbocycles. The Hall–Kier alpha value is -0.390. The molecule has 17 heavy (non-hydrogen) atoms. The summed E-state index contributed by atoms with van der Waals surface area (Å²) in [7, 11) is 3.94. The van der Waals surface area contributed by atoms with E-state index < -0.39 is 0 Å². The molecule has 0 saturated carbocycles. The van der Waals surface area contributed by atoms with Gasteiger partial charge in [0.2, 0.25) is 0 Å². The van der Waals surface area contributed by atoms with Crippen LogP contribution in [0.25, 0.3) is 0 Å². The van der Waals surface area contributed by atoms with Crippen molar-refractivity contribution in [3.05, 3.63) is 15.9 Å². The smallest absolute Gasteiger partial charge is 0.0738 e. The fraction of sp³-hybridized carbons (Fsp3) is 0.750. The van der Waals surface area contributed by atoms with E-state index in [9.17, 15) is 0 Å². The molecule has 1 rings (SSSR count). The Bertz CT molecular complexity index is 363. The first-order chi connectivity index (χ1) is 7.95. The zero-order valence-electron chi connectivity index (χ0n) is 11.2. The van der Waals surface area contributed by atoms with E-state index in [2.05, 4.69) is 40.2 Å². The van der Waals surface area contributed by atoms with Crippen LogP contribution in [-0.2, 0) is 18.2 Å². The highest BCUT2D eigenvalue weighted by Gasteiger charge is 2.16. The van der Waals surface area contributed by atoms with Crippen molar-refractivity contribution < 1.29 is 4.74 Å². The first-order valence-corrected chi connectivity index (χ1v) is 6.71. The molecule has 1 atom stereocenters. The summed E-state index contributed by atoms with van der Waals surface area (Å²) in [5, 5.41) is 7.68. The van der Waals surface area contributed by atoms with Crippen molar-refractivity contribution in [2.75, 3.05) is 13.7 Å². The van der Waals surface area contributed by atoms with Gasteiger partial charge in [0.25, 0.3) is 0 Å². The Balaban J connectivity index is 2.67. The summed E-state index contributed by atoms with van der Waals surface area (Å²) in [5.41, 5.74) is 2.23. The van der Waals surface area contributed by atoms with Crippen molar-refractivity contribution >= 4 is 15.9 Å². The number of aryl methyl sites for hydroxylation is 2. The predicted molar refractivity (Wildman–Crippen MR) is 73.3 cm³/mol. The molecule has 98 valence electrons. The summed E-state index contributed by atoms with van der Waals surface area (Å²) in [6.45, 7) is 6.82. The van der Waals surface area contributed by atoms with Gasteiger partial charge in [0, 0.05) is 19.5 Å². The van der Waals surface area contributed by atoms with Crippen LogP contribution < -0.4 is 5.32 Å². The maximum Gasteiger partial charge on any atom is 0.0738 e. The van der Waals surface area contributed by atoms with Gasteiger partial charge >= 0.3 is 0 Å². The molecule has 0 spiro atoms. The van der Waals surface area contributed by atoms with Gasteiger partial charge in [-0.25, -0.2) is 0 Å². The number of rotatable bonds is 6. The number of hydrogen-bond donors (Lipinski definition) is 1. The molecule has 0 aliphatic heterocycles. The molecule has 0 aliphatic rings. The van der Waals surface area contributed by atoms with Crippen LogP contribution in [0.5, 0.6) is 0 Å². The first kappa shape index (κ1) is 14.7. The van der Waals surface area contributed by atoms with Gasteiger partial charge in [-0.3, -0.25) is 4.68 Å². The number of nitrogens with zero attached hydrogens (tertiary/aromatic N) is 2. The Labute approximate surface area is 112 Å². The maximum absolute atomic E-state index is 5.65. The molecule has 0 radical (unpaired) electrons. The number of ether oxygens (including phenoxy) is 1. The second kappa shape index (κ2) is 6.52. The lowest BCUT2D eigenvalue weighted by Gasteiger charge is -2.18. The van der Waals surface area contributed by atoms with Crippen LogP contribution in [0, 0.1) is 6.92 Å². The highest BCUT2D eigenvalue weighted by atomic mass is 79.9. The Morgan fingerprint density at radius 2 is 2.12 bits per heavy atom. The van der Waals surface area contributed by atoms with E-state index in [1.54, 1.807) is 0 Å². The summed E-state index contributed by atoms with van der Waals surface area (Å²) in [5.74, 6) is 0. The SMILES string of the molecule is CNC(COC(C)C)Cc1c(Br)c(C)nn1C. The predicted octanol–water partition coefficient (Wildman–Crippen LogP) is 2.05. The van der Waals surface area contributed by atoms with Gasteiger partial charge < -0.3 is 10.1 Å². The highest BCUT2D eigenvalue weighted by Crippen LogP contribution is 2.21. The minimum absolute atomic E-state index is 0.266. The van der Waals surface area contributed by atoms with Crippen LogP contribution in [-0.4, -0.2) is 35.6 Å². The molecule has 0 bridgehead atoms. The third-order valence-corrected chi connectivity index (χ3v) is 3.77. The van der Waals surface area contributed by atoms with E-state index in [-0.39, 0.29) is 6.10 Å².